The standard InChI is InChI=1S/C14H26N2O/c1-3-15(4-2)11-14(17)16-9-12-5-6-13(10-16)8-7-12/h12-13H,3-11H2,1-2H3. The van der Waals surface area contributed by atoms with Gasteiger partial charge in [-0.15, -0.1) is 0 Å². The number of rotatable bonds is 4. The minimum Gasteiger partial charge on any atom is -0.341 e. The molecule has 0 aromatic heterocycles. The van der Waals surface area contributed by atoms with Gasteiger partial charge in [0.1, 0.15) is 0 Å². The van der Waals surface area contributed by atoms with E-state index in [4.69, 9.17) is 0 Å². The van der Waals surface area contributed by atoms with Gasteiger partial charge in [-0.3, -0.25) is 9.69 Å². The Kier molecular flexibility index (Phi) is 4.43. The average molecular weight is 238 g/mol. The van der Waals surface area contributed by atoms with Crippen LogP contribution in [0.15, 0.2) is 0 Å². The van der Waals surface area contributed by atoms with E-state index in [1.807, 2.05) is 0 Å². The SMILES string of the molecule is CCN(CC)CC(=O)N1CC2CCC(CC2)C1. The normalized spacial score (nSPS) is 28.5. The van der Waals surface area contributed by atoms with E-state index < -0.39 is 0 Å². The molecular weight excluding hydrogens is 212 g/mol. The highest BCUT2D eigenvalue weighted by atomic mass is 16.2. The van der Waals surface area contributed by atoms with E-state index in [9.17, 15) is 4.79 Å². The first kappa shape index (κ1) is 12.9. The van der Waals surface area contributed by atoms with E-state index in [-0.39, 0.29) is 0 Å². The number of carbonyl (C=O) groups excluding carboxylic acids is 1. The number of amides is 1. The summed E-state index contributed by atoms with van der Waals surface area (Å²) >= 11 is 0. The maximum Gasteiger partial charge on any atom is 0.236 e. The van der Waals surface area contributed by atoms with Gasteiger partial charge in [0.2, 0.25) is 5.91 Å². The van der Waals surface area contributed by atoms with Gasteiger partial charge in [-0.2, -0.15) is 0 Å². The third kappa shape index (κ3) is 3.21. The maximum atomic E-state index is 12.3. The molecule has 3 heteroatoms. The summed E-state index contributed by atoms with van der Waals surface area (Å²) in [5.74, 6) is 1.93. The quantitative estimate of drug-likeness (QED) is 0.747. The zero-order valence-corrected chi connectivity index (χ0v) is 11.3. The van der Waals surface area contributed by atoms with Crippen molar-refractivity contribution in [3.05, 3.63) is 0 Å². The van der Waals surface area contributed by atoms with Gasteiger partial charge in [-0.1, -0.05) is 13.8 Å². The Morgan fingerprint density at radius 3 is 1.94 bits per heavy atom. The molecule has 3 rings (SSSR count). The number of carbonyl (C=O) groups is 1. The molecule has 98 valence electrons. The predicted octanol–water partition coefficient (Wildman–Crippen LogP) is 1.98. The maximum absolute atomic E-state index is 12.3. The van der Waals surface area contributed by atoms with Crippen LogP contribution in [-0.4, -0.2) is 48.4 Å². The Bertz CT molecular complexity index is 241. The van der Waals surface area contributed by atoms with Gasteiger partial charge in [0.05, 0.1) is 6.54 Å². The van der Waals surface area contributed by atoms with E-state index in [1.165, 1.54) is 25.7 Å². The first-order valence-corrected chi connectivity index (χ1v) is 7.23. The summed E-state index contributed by atoms with van der Waals surface area (Å²) in [6, 6.07) is 0. The van der Waals surface area contributed by atoms with Gasteiger partial charge >= 0.3 is 0 Å². The first-order chi connectivity index (χ1) is 8.22. The number of hydrogen-bond acceptors (Lipinski definition) is 2. The zero-order chi connectivity index (χ0) is 12.3. The summed E-state index contributed by atoms with van der Waals surface area (Å²) in [4.78, 5) is 16.6. The van der Waals surface area contributed by atoms with Crippen molar-refractivity contribution in [3.8, 4) is 0 Å². The summed E-state index contributed by atoms with van der Waals surface area (Å²) in [5.41, 5.74) is 0. The average Bonchev–Trinajstić information content (AvgIpc) is 2.69. The van der Waals surface area contributed by atoms with Crippen molar-refractivity contribution < 1.29 is 4.79 Å². The molecule has 0 aromatic carbocycles. The highest BCUT2D eigenvalue weighted by Gasteiger charge is 2.31. The molecule has 1 saturated carbocycles. The molecule has 3 aliphatic rings. The number of fused-ring (bicyclic) bond motifs is 4. The predicted molar refractivity (Wildman–Crippen MR) is 69.8 cm³/mol. The molecule has 0 atom stereocenters. The fourth-order valence-corrected chi connectivity index (χ4v) is 3.24. The third-order valence-electron chi connectivity index (χ3n) is 4.53. The Labute approximate surface area is 105 Å². The van der Waals surface area contributed by atoms with Gasteiger partial charge < -0.3 is 4.90 Å². The molecule has 3 nitrogen and oxygen atoms in total. The summed E-state index contributed by atoms with van der Waals surface area (Å²) in [6.07, 6.45) is 5.39. The molecule has 2 saturated heterocycles. The molecule has 0 radical (unpaired) electrons. The van der Waals surface area contributed by atoms with Crippen molar-refractivity contribution in [2.45, 2.75) is 39.5 Å². The topological polar surface area (TPSA) is 23.6 Å². The number of likely N-dealkylation sites (N-methyl/N-ethyl adjacent to an activating group) is 1. The largest absolute Gasteiger partial charge is 0.341 e. The lowest BCUT2D eigenvalue weighted by molar-refractivity contribution is -0.132. The lowest BCUT2D eigenvalue weighted by atomic mass is 9.84. The highest BCUT2D eigenvalue weighted by molar-refractivity contribution is 5.78. The third-order valence-corrected chi connectivity index (χ3v) is 4.53. The van der Waals surface area contributed by atoms with Crippen molar-refractivity contribution in [2.75, 3.05) is 32.7 Å². The summed E-state index contributed by atoms with van der Waals surface area (Å²) < 4.78 is 0. The monoisotopic (exact) mass is 238 g/mol. The molecule has 0 N–H and O–H groups in total. The second-order valence-electron chi connectivity index (χ2n) is 5.65. The van der Waals surface area contributed by atoms with Crippen LogP contribution in [0.5, 0.6) is 0 Å². The molecule has 2 aliphatic heterocycles. The van der Waals surface area contributed by atoms with E-state index in [0.29, 0.717) is 12.5 Å². The van der Waals surface area contributed by atoms with E-state index in [2.05, 4.69) is 23.6 Å². The van der Waals surface area contributed by atoms with Gasteiger partial charge in [-0.25, -0.2) is 0 Å². The Hall–Kier alpha value is -0.570. The Morgan fingerprint density at radius 2 is 1.53 bits per heavy atom. The molecule has 3 fully saturated rings. The van der Waals surface area contributed by atoms with Gasteiger partial charge in [0, 0.05) is 13.1 Å². The van der Waals surface area contributed by atoms with Crippen molar-refractivity contribution >= 4 is 5.91 Å². The smallest absolute Gasteiger partial charge is 0.236 e. The lowest BCUT2D eigenvalue weighted by Crippen LogP contribution is -2.42. The first-order valence-electron chi connectivity index (χ1n) is 7.23. The molecule has 1 aliphatic carbocycles. The zero-order valence-electron chi connectivity index (χ0n) is 11.3. The second-order valence-corrected chi connectivity index (χ2v) is 5.65. The highest BCUT2D eigenvalue weighted by Crippen LogP contribution is 2.33. The van der Waals surface area contributed by atoms with Gasteiger partial charge in [0.15, 0.2) is 0 Å². The Balaban J connectivity index is 1.90. The minimum atomic E-state index is 0.354. The van der Waals surface area contributed by atoms with Crippen LogP contribution in [-0.2, 0) is 4.79 Å². The number of nitrogens with zero attached hydrogens (tertiary/aromatic N) is 2. The molecular formula is C14H26N2O. The van der Waals surface area contributed by atoms with Gasteiger partial charge in [0.25, 0.3) is 0 Å². The second kappa shape index (κ2) is 5.85. The van der Waals surface area contributed by atoms with Crippen molar-refractivity contribution in [3.63, 3.8) is 0 Å². The van der Waals surface area contributed by atoms with Crippen molar-refractivity contribution in [1.29, 1.82) is 0 Å². The molecule has 17 heavy (non-hydrogen) atoms. The molecule has 0 unspecified atom stereocenters. The molecule has 2 bridgehead atoms. The van der Waals surface area contributed by atoms with Crippen LogP contribution in [0.4, 0.5) is 0 Å². The van der Waals surface area contributed by atoms with E-state index >= 15 is 0 Å². The minimum absolute atomic E-state index is 0.354. The Morgan fingerprint density at radius 1 is 1.06 bits per heavy atom. The van der Waals surface area contributed by atoms with Gasteiger partial charge in [-0.05, 0) is 50.6 Å². The molecule has 0 aromatic rings. The van der Waals surface area contributed by atoms with Crippen LogP contribution in [0, 0.1) is 11.8 Å². The van der Waals surface area contributed by atoms with Crippen LogP contribution in [0.25, 0.3) is 0 Å². The summed E-state index contributed by atoms with van der Waals surface area (Å²) in [7, 11) is 0. The molecule has 1 amide bonds. The summed E-state index contributed by atoms with van der Waals surface area (Å²) in [5, 5.41) is 0. The van der Waals surface area contributed by atoms with Crippen LogP contribution < -0.4 is 0 Å². The van der Waals surface area contributed by atoms with E-state index in [1.54, 1.807) is 0 Å². The van der Waals surface area contributed by atoms with E-state index in [0.717, 1.165) is 38.0 Å². The lowest BCUT2D eigenvalue weighted by Gasteiger charge is -2.26. The fourth-order valence-electron chi connectivity index (χ4n) is 3.24. The van der Waals surface area contributed by atoms with Crippen LogP contribution in [0.3, 0.4) is 0 Å². The summed E-state index contributed by atoms with van der Waals surface area (Å²) in [6.45, 7) is 8.87. The van der Waals surface area contributed by atoms with Crippen LogP contribution >= 0.6 is 0 Å². The van der Waals surface area contributed by atoms with Crippen LogP contribution in [0.1, 0.15) is 39.5 Å². The fraction of sp³-hybridized carbons (Fsp3) is 0.929. The van der Waals surface area contributed by atoms with Crippen molar-refractivity contribution in [1.82, 2.24) is 9.80 Å². The van der Waals surface area contributed by atoms with Crippen LogP contribution in [0.2, 0.25) is 0 Å². The molecule has 2 heterocycles. The van der Waals surface area contributed by atoms with Crippen molar-refractivity contribution in [2.24, 2.45) is 11.8 Å². The molecule has 0 spiro atoms. The number of hydrogen-bond donors (Lipinski definition) is 0.